The number of halogens is 3. The van der Waals surface area contributed by atoms with E-state index in [1.54, 1.807) is 24.0 Å². The number of hydrogen-bond donors (Lipinski definition) is 2. The highest BCUT2D eigenvalue weighted by atomic mass is 32.1. The lowest BCUT2D eigenvalue weighted by Crippen LogP contribution is -2.21. The van der Waals surface area contributed by atoms with Gasteiger partial charge in [-0.3, -0.25) is 10.1 Å². The molecule has 0 aliphatic heterocycles. The molecule has 0 aliphatic carbocycles. The van der Waals surface area contributed by atoms with E-state index in [0.717, 1.165) is 10.2 Å². The van der Waals surface area contributed by atoms with Crippen LogP contribution in [-0.4, -0.2) is 37.7 Å². The van der Waals surface area contributed by atoms with Gasteiger partial charge in [0.2, 0.25) is 0 Å². The van der Waals surface area contributed by atoms with Crippen molar-refractivity contribution < 1.29 is 27.9 Å². The minimum absolute atomic E-state index is 0.245. The van der Waals surface area contributed by atoms with Crippen molar-refractivity contribution in [3.8, 4) is 0 Å². The summed E-state index contributed by atoms with van der Waals surface area (Å²) < 4.78 is 34.5. The number of fused-ring (bicyclic) bond motifs is 1. The Morgan fingerprint density at radius 3 is 2.33 bits per heavy atom. The maximum atomic E-state index is 12.1. The average molecular weight is 400 g/mol. The van der Waals surface area contributed by atoms with Gasteiger partial charge in [-0.05, 0) is 37.1 Å². The molecule has 0 radical (unpaired) electrons. The molecule has 0 atom stereocenters. The van der Waals surface area contributed by atoms with Gasteiger partial charge in [0.05, 0.1) is 10.2 Å². The Kier molecular flexibility index (Phi) is 5.84. The number of carboxylic acid groups (broad SMARTS) is 1. The summed E-state index contributed by atoms with van der Waals surface area (Å²) in [6, 6.07) is 4.14. The summed E-state index contributed by atoms with van der Waals surface area (Å²) in [6.07, 6.45) is -1.75. The van der Waals surface area contributed by atoms with Crippen molar-refractivity contribution in [2.45, 2.75) is 20.0 Å². The second-order valence-electron chi connectivity index (χ2n) is 5.54. The Morgan fingerprint density at radius 2 is 1.81 bits per heavy atom. The van der Waals surface area contributed by atoms with Gasteiger partial charge >= 0.3 is 12.1 Å². The third kappa shape index (κ3) is 5.03. The topological polar surface area (TPSA) is 97.1 Å². The summed E-state index contributed by atoms with van der Waals surface area (Å²) in [5.74, 6) is -2.63. The largest absolute Gasteiger partial charge is 0.490 e. The molecule has 0 aliphatic rings. The van der Waals surface area contributed by atoms with Gasteiger partial charge in [0, 0.05) is 19.4 Å². The number of carbonyl (C=O) groups is 2. The van der Waals surface area contributed by atoms with E-state index in [1.807, 2.05) is 6.07 Å². The molecule has 3 rings (SSSR count). The van der Waals surface area contributed by atoms with E-state index in [1.165, 1.54) is 22.5 Å². The molecule has 0 unspecified atom stereocenters. The minimum atomic E-state index is -5.08. The van der Waals surface area contributed by atoms with Crippen LogP contribution in [0.3, 0.4) is 0 Å². The molecule has 11 heteroatoms. The Hall–Kier alpha value is -2.95. The molecule has 2 N–H and O–H groups in total. The molecule has 0 saturated carbocycles. The number of benzene rings is 1. The van der Waals surface area contributed by atoms with E-state index in [9.17, 15) is 18.0 Å². The summed E-state index contributed by atoms with van der Waals surface area (Å²) in [5.41, 5.74) is 3.33. The lowest BCUT2D eigenvalue weighted by Gasteiger charge is -2.00. The Morgan fingerprint density at radius 1 is 1.22 bits per heavy atom. The first-order valence-electron chi connectivity index (χ1n) is 7.45. The molecule has 0 bridgehead atoms. The van der Waals surface area contributed by atoms with Crippen molar-refractivity contribution >= 4 is 38.6 Å². The van der Waals surface area contributed by atoms with E-state index in [0.29, 0.717) is 11.0 Å². The normalized spacial score (nSPS) is 11.0. The number of rotatable bonds is 2. The van der Waals surface area contributed by atoms with Gasteiger partial charge in [0.25, 0.3) is 5.91 Å². The second kappa shape index (κ2) is 7.74. The number of thiazole rings is 1. The number of nitrogens with one attached hydrogen (secondary N) is 1. The van der Waals surface area contributed by atoms with Crippen molar-refractivity contribution in [3.05, 3.63) is 41.5 Å². The molecule has 7 nitrogen and oxygen atoms in total. The first-order chi connectivity index (χ1) is 12.5. The van der Waals surface area contributed by atoms with Gasteiger partial charge < -0.3 is 9.67 Å². The first-order valence-corrected chi connectivity index (χ1v) is 8.27. The predicted molar refractivity (Wildman–Crippen MR) is 93.9 cm³/mol. The van der Waals surface area contributed by atoms with E-state index >= 15 is 0 Å². The Bertz CT molecular complexity index is 956. The third-order valence-corrected chi connectivity index (χ3v) is 4.42. The molecule has 0 fully saturated rings. The summed E-state index contributed by atoms with van der Waals surface area (Å²) in [6.45, 7) is 4.13. The highest BCUT2D eigenvalue weighted by molar-refractivity contribution is 7.22. The number of aliphatic carboxylic acids is 1. The van der Waals surface area contributed by atoms with E-state index < -0.39 is 12.1 Å². The Balaban J connectivity index is 0.000000321. The van der Waals surface area contributed by atoms with E-state index in [4.69, 9.17) is 9.90 Å². The number of nitrogens with zero attached hydrogens (tertiary/aromatic N) is 3. The van der Waals surface area contributed by atoms with Gasteiger partial charge in [-0.25, -0.2) is 14.8 Å². The molecule has 1 amide bonds. The average Bonchev–Trinajstić information content (AvgIpc) is 3.13. The maximum absolute atomic E-state index is 12.1. The fourth-order valence-electron chi connectivity index (χ4n) is 1.97. The van der Waals surface area contributed by atoms with Gasteiger partial charge in [-0.2, -0.15) is 13.2 Å². The third-order valence-electron chi connectivity index (χ3n) is 3.49. The second-order valence-corrected chi connectivity index (χ2v) is 6.57. The number of carboxylic acids is 1. The Labute approximate surface area is 155 Å². The zero-order valence-electron chi connectivity index (χ0n) is 14.5. The van der Waals surface area contributed by atoms with Crippen LogP contribution in [-0.2, 0) is 11.8 Å². The standard InChI is InChI=1S/C14H14N4OS.C2HF3O2/c1-8-6-10-11(7-9(8)2)20-14(16-10)17-13(19)12-15-4-5-18(12)3;3-2(4,5)1(6)7/h4-7H,1-3H3,(H,16,17,19);(H,6,7). The fourth-order valence-corrected chi connectivity index (χ4v) is 2.91. The van der Waals surface area contributed by atoms with Crippen molar-refractivity contribution in [1.82, 2.24) is 14.5 Å². The van der Waals surface area contributed by atoms with Gasteiger partial charge in [0.15, 0.2) is 11.0 Å². The molecule has 1 aromatic carbocycles. The van der Waals surface area contributed by atoms with Crippen molar-refractivity contribution in [1.29, 1.82) is 0 Å². The number of aryl methyl sites for hydroxylation is 3. The van der Waals surface area contributed by atoms with Crippen LogP contribution in [0.25, 0.3) is 10.2 Å². The zero-order valence-corrected chi connectivity index (χ0v) is 15.3. The summed E-state index contributed by atoms with van der Waals surface area (Å²) in [7, 11) is 1.78. The lowest BCUT2D eigenvalue weighted by molar-refractivity contribution is -0.192. The number of alkyl halides is 3. The number of aromatic nitrogens is 3. The highest BCUT2D eigenvalue weighted by Gasteiger charge is 2.38. The molecule has 2 heterocycles. The van der Waals surface area contributed by atoms with Gasteiger partial charge in [-0.1, -0.05) is 11.3 Å². The number of hydrogen-bond acceptors (Lipinski definition) is 5. The van der Waals surface area contributed by atoms with Crippen LogP contribution in [0.1, 0.15) is 21.7 Å². The van der Waals surface area contributed by atoms with E-state index in [2.05, 4.69) is 35.2 Å². The maximum Gasteiger partial charge on any atom is 0.490 e. The summed E-state index contributed by atoms with van der Waals surface area (Å²) in [4.78, 5) is 29.4. The van der Waals surface area contributed by atoms with Crippen molar-refractivity contribution in [3.63, 3.8) is 0 Å². The van der Waals surface area contributed by atoms with Crippen molar-refractivity contribution in [2.24, 2.45) is 7.05 Å². The minimum Gasteiger partial charge on any atom is -0.475 e. The number of carbonyl (C=O) groups excluding carboxylic acids is 1. The summed E-state index contributed by atoms with van der Waals surface area (Å²) >= 11 is 1.47. The zero-order chi connectivity index (χ0) is 20.4. The monoisotopic (exact) mass is 400 g/mol. The SMILES string of the molecule is Cc1cc2nc(NC(=O)c3nccn3C)sc2cc1C.O=C(O)C(F)(F)F. The molecule has 0 spiro atoms. The van der Waals surface area contributed by atoms with Crippen LogP contribution in [0, 0.1) is 13.8 Å². The van der Waals surface area contributed by atoms with Gasteiger partial charge in [-0.15, -0.1) is 0 Å². The van der Waals surface area contributed by atoms with Crippen LogP contribution in [0.5, 0.6) is 0 Å². The highest BCUT2D eigenvalue weighted by Crippen LogP contribution is 2.28. The van der Waals surface area contributed by atoms with Crippen LogP contribution < -0.4 is 5.32 Å². The number of anilines is 1. The molecule has 144 valence electrons. The van der Waals surface area contributed by atoms with Crippen LogP contribution in [0.2, 0.25) is 0 Å². The molecular weight excluding hydrogens is 385 g/mol. The number of amides is 1. The van der Waals surface area contributed by atoms with Crippen LogP contribution >= 0.6 is 11.3 Å². The number of imidazole rings is 1. The van der Waals surface area contributed by atoms with Crippen LogP contribution in [0.4, 0.5) is 18.3 Å². The van der Waals surface area contributed by atoms with Crippen LogP contribution in [0.15, 0.2) is 24.5 Å². The molecule has 2 aromatic heterocycles. The van der Waals surface area contributed by atoms with E-state index in [-0.39, 0.29) is 5.91 Å². The van der Waals surface area contributed by atoms with Gasteiger partial charge in [0.1, 0.15) is 0 Å². The fraction of sp³-hybridized carbons (Fsp3) is 0.250. The lowest BCUT2D eigenvalue weighted by atomic mass is 10.1. The smallest absolute Gasteiger partial charge is 0.475 e. The summed E-state index contributed by atoms with van der Waals surface area (Å²) in [5, 5.41) is 10.5. The molecule has 27 heavy (non-hydrogen) atoms. The quantitative estimate of drug-likeness (QED) is 0.686. The first kappa shape index (κ1) is 20.4. The molecule has 0 saturated heterocycles. The molecule has 3 aromatic rings. The van der Waals surface area contributed by atoms with Crippen molar-refractivity contribution in [2.75, 3.05) is 5.32 Å². The molecular formula is C16H15F3N4O3S. The predicted octanol–water partition coefficient (Wildman–Crippen LogP) is 3.53.